The van der Waals surface area contributed by atoms with Gasteiger partial charge in [0.25, 0.3) is 0 Å². The lowest BCUT2D eigenvalue weighted by Crippen LogP contribution is -2.43. The number of carbonyl (C=O) groups is 2. The molecule has 150 valence electrons. The summed E-state index contributed by atoms with van der Waals surface area (Å²) in [7, 11) is 1.87. The molecular weight excluding hydrogens is 358 g/mol. The second-order valence-electron chi connectivity index (χ2n) is 7.49. The van der Waals surface area contributed by atoms with Crippen LogP contribution >= 0.6 is 0 Å². The Morgan fingerprint density at radius 2 is 2.07 bits per heavy atom. The van der Waals surface area contributed by atoms with E-state index in [4.69, 9.17) is 4.74 Å². The molecule has 3 heterocycles. The second kappa shape index (κ2) is 8.28. The van der Waals surface area contributed by atoms with E-state index in [1.165, 1.54) is 0 Å². The quantitative estimate of drug-likeness (QED) is 0.564. The van der Waals surface area contributed by atoms with Gasteiger partial charge in [0.2, 0.25) is 11.8 Å². The molecule has 0 saturated carbocycles. The van der Waals surface area contributed by atoms with Crippen LogP contribution in [0.15, 0.2) is 18.2 Å². The summed E-state index contributed by atoms with van der Waals surface area (Å²) in [6.07, 6.45) is 1.84. The number of piperazine rings is 1. The number of nitrogens with zero attached hydrogens (tertiary/aromatic N) is 3. The Morgan fingerprint density at radius 3 is 2.86 bits per heavy atom. The average molecular weight is 385 g/mol. The number of ether oxygens (including phenoxy) is 1. The summed E-state index contributed by atoms with van der Waals surface area (Å²) in [6, 6.07) is 5.87. The topological polar surface area (TPSA) is 88.5 Å². The van der Waals surface area contributed by atoms with Crippen molar-refractivity contribution in [1.29, 1.82) is 0 Å². The minimum atomic E-state index is -0.382. The number of amides is 2. The van der Waals surface area contributed by atoms with Crippen molar-refractivity contribution in [3.63, 3.8) is 0 Å². The molecule has 0 radical (unpaired) electrons. The highest BCUT2D eigenvalue weighted by molar-refractivity contribution is 6.02. The molecule has 4 rings (SSSR count). The van der Waals surface area contributed by atoms with E-state index in [1.807, 2.05) is 25.2 Å². The molecule has 2 aliphatic rings. The Bertz CT molecular complexity index is 872. The molecule has 2 aliphatic heterocycles. The number of carbonyl (C=O) groups excluding carboxylic acids is 2. The van der Waals surface area contributed by atoms with E-state index < -0.39 is 0 Å². The molecule has 2 saturated heterocycles. The molecule has 28 heavy (non-hydrogen) atoms. The summed E-state index contributed by atoms with van der Waals surface area (Å²) in [5.41, 5.74) is 1.66. The van der Waals surface area contributed by atoms with Crippen molar-refractivity contribution < 1.29 is 14.3 Å². The van der Waals surface area contributed by atoms with Crippen LogP contribution in [-0.2, 0) is 16.6 Å². The summed E-state index contributed by atoms with van der Waals surface area (Å²) < 4.78 is 7.72. The van der Waals surface area contributed by atoms with Crippen molar-refractivity contribution in [2.75, 3.05) is 39.3 Å². The lowest BCUT2D eigenvalue weighted by Gasteiger charge is -2.26. The lowest BCUT2D eigenvalue weighted by molar-refractivity contribution is -0.134. The molecule has 2 N–H and O–H groups in total. The van der Waals surface area contributed by atoms with Crippen molar-refractivity contribution in [3.8, 4) is 5.75 Å². The SMILES string of the molecule is Cn1nc(C2CCC(=O)NC2=O)c2ccc(OCCCN3CCNCC3)cc21. The first-order chi connectivity index (χ1) is 13.6. The molecule has 0 bridgehead atoms. The molecule has 1 atom stereocenters. The number of nitrogens with one attached hydrogen (secondary N) is 2. The zero-order chi connectivity index (χ0) is 19.5. The Labute approximate surface area is 164 Å². The van der Waals surface area contributed by atoms with E-state index in [1.54, 1.807) is 4.68 Å². The van der Waals surface area contributed by atoms with Crippen molar-refractivity contribution in [2.24, 2.45) is 7.05 Å². The zero-order valence-electron chi connectivity index (χ0n) is 16.2. The number of imide groups is 1. The van der Waals surface area contributed by atoms with Crippen LogP contribution in [0, 0.1) is 0 Å². The largest absolute Gasteiger partial charge is 0.493 e. The van der Waals surface area contributed by atoms with Crippen LogP contribution in [0.5, 0.6) is 5.75 Å². The third kappa shape index (κ3) is 4.02. The van der Waals surface area contributed by atoms with Gasteiger partial charge in [0, 0.05) is 57.6 Å². The predicted octanol–water partition coefficient (Wildman–Crippen LogP) is 0.768. The van der Waals surface area contributed by atoms with Crippen LogP contribution in [0.1, 0.15) is 30.9 Å². The van der Waals surface area contributed by atoms with Gasteiger partial charge in [-0.25, -0.2) is 0 Å². The Kier molecular flexibility index (Phi) is 5.59. The third-order valence-electron chi connectivity index (χ3n) is 5.52. The van der Waals surface area contributed by atoms with E-state index in [0.29, 0.717) is 19.4 Å². The number of fused-ring (bicyclic) bond motifs is 1. The first-order valence-electron chi connectivity index (χ1n) is 9.98. The minimum absolute atomic E-state index is 0.210. The monoisotopic (exact) mass is 385 g/mol. The fraction of sp³-hybridized carbons (Fsp3) is 0.550. The maximum atomic E-state index is 12.2. The Morgan fingerprint density at radius 1 is 1.25 bits per heavy atom. The van der Waals surface area contributed by atoms with Gasteiger partial charge in [0.05, 0.1) is 23.7 Å². The van der Waals surface area contributed by atoms with Crippen LogP contribution in [0.25, 0.3) is 10.9 Å². The highest BCUT2D eigenvalue weighted by atomic mass is 16.5. The number of hydrogen-bond acceptors (Lipinski definition) is 6. The van der Waals surface area contributed by atoms with Gasteiger partial charge in [-0.05, 0) is 25.0 Å². The highest BCUT2D eigenvalue weighted by Gasteiger charge is 2.31. The first kappa shape index (κ1) is 18.9. The molecule has 0 aliphatic carbocycles. The van der Waals surface area contributed by atoms with Crippen molar-refractivity contribution >= 4 is 22.7 Å². The number of piperidine rings is 1. The van der Waals surface area contributed by atoms with E-state index >= 15 is 0 Å². The maximum Gasteiger partial charge on any atom is 0.235 e. The van der Waals surface area contributed by atoms with Gasteiger partial charge in [-0.3, -0.25) is 19.6 Å². The van der Waals surface area contributed by atoms with Gasteiger partial charge in [0.1, 0.15) is 5.75 Å². The van der Waals surface area contributed by atoms with Gasteiger partial charge in [0.15, 0.2) is 0 Å². The number of aromatic nitrogens is 2. The van der Waals surface area contributed by atoms with Gasteiger partial charge in [-0.2, -0.15) is 5.10 Å². The van der Waals surface area contributed by atoms with E-state index in [0.717, 1.165) is 61.5 Å². The van der Waals surface area contributed by atoms with Crippen LogP contribution in [-0.4, -0.2) is 65.8 Å². The third-order valence-corrected chi connectivity index (χ3v) is 5.52. The van der Waals surface area contributed by atoms with Crippen LogP contribution < -0.4 is 15.4 Å². The van der Waals surface area contributed by atoms with Crippen molar-refractivity contribution in [1.82, 2.24) is 25.3 Å². The van der Waals surface area contributed by atoms with Crippen LogP contribution in [0.4, 0.5) is 0 Å². The van der Waals surface area contributed by atoms with Crippen molar-refractivity contribution in [2.45, 2.75) is 25.2 Å². The molecule has 1 aromatic heterocycles. The molecular formula is C20H27N5O3. The molecule has 2 amide bonds. The van der Waals surface area contributed by atoms with Gasteiger partial charge < -0.3 is 15.0 Å². The second-order valence-corrected chi connectivity index (χ2v) is 7.49. The normalized spacial score (nSPS) is 21.1. The van der Waals surface area contributed by atoms with Crippen LogP contribution in [0.3, 0.4) is 0 Å². The number of rotatable bonds is 6. The smallest absolute Gasteiger partial charge is 0.235 e. The first-order valence-corrected chi connectivity index (χ1v) is 9.98. The number of hydrogen-bond donors (Lipinski definition) is 2. The molecule has 2 aromatic rings. The summed E-state index contributed by atoms with van der Waals surface area (Å²) in [6.45, 7) is 6.05. The summed E-state index contributed by atoms with van der Waals surface area (Å²) in [4.78, 5) is 26.1. The Hall–Kier alpha value is -2.45. The molecule has 2 fully saturated rings. The predicted molar refractivity (Wildman–Crippen MR) is 105 cm³/mol. The van der Waals surface area contributed by atoms with E-state index in [-0.39, 0.29) is 17.7 Å². The van der Waals surface area contributed by atoms with Gasteiger partial charge in [-0.15, -0.1) is 0 Å². The van der Waals surface area contributed by atoms with Crippen LogP contribution in [0.2, 0.25) is 0 Å². The zero-order valence-corrected chi connectivity index (χ0v) is 16.2. The summed E-state index contributed by atoms with van der Waals surface area (Å²) in [5.74, 6) is -0.0414. The number of aryl methyl sites for hydroxylation is 1. The fourth-order valence-corrected chi connectivity index (χ4v) is 3.98. The average Bonchev–Trinajstić information content (AvgIpc) is 3.02. The number of benzene rings is 1. The highest BCUT2D eigenvalue weighted by Crippen LogP contribution is 2.31. The van der Waals surface area contributed by atoms with Gasteiger partial charge >= 0.3 is 0 Å². The van der Waals surface area contributed by atoms with E-state index in [9.17, 15) is 9.59 Å². The fourth-order valence-electron chi connectivity index (χ4n) is 3.98. The lowest BCUT2D eigenvalue weighted by atomic mass is 9.93. The van der Waals surface area contributed by atoms with Gasteiger partial charge in [-0.1, -0.05) is 0 Å². The molecule has 8 nitrogen and oxygen atoms in total. The molecule has 8 heteroatoms. The summed E-state index contributed by atoms with van der Waals surface area (Å²) >= 11 is 0. The Balaban J connectivity index is 1.41. The molecule has 1 aromatic carbocycles. The standard InChI is InChI=1S/C20H27N5O3/c1-24-17-13-14(28-12-2-9-25-10-7-21-8-11-25)3-4-15(17)19(23-24)16-5-6-18(26)22-20(16)27/h3-4,13,16,21H,2,5-12H2,1H3,(H,22,26,27). The summed E-state index contributed by atoms with van der Waals surface area (Å²) in [5, 5.41) is 11.3. The maximum absolute atomic E-state index is 12.2. The van der Waals surface area contributed by atoms with Crippen molar-refractivity contribution in [3.05, 3.63) is 23.9 Å². The minimum Gasteiger partial charge on any atom is -0.493 e. The van der Waals surface area contributed by atoms with E-state index in [2.05, 4.69) is 20.6 Å². The molecule has 1 unspecified atom stereocenters. The molecule has 0 spiro atoms.